The Morgan fingerprint density at radius 3 is 2.63 bits per heavy atom. The summed E-state index contributed by atoms with van der Waals surface area (Å²) in [5, 5.41) is 20.0. The number of ether oxygens (including phenoxy) is 1. The number of methoxy groups -OCH3 is 1. The molecule has 0 saturated heterocycles. The van der Waals surface area contributed by atoms with Gasteiger partial charge < -0.3 is 15.4 Å². The highest BCUT2D eigenvalue weighted by Gasteiger charge is 2.28. The van der Waals surface area contributed by atoms with E-state index in [1.807, 2.05) is 24.3 Å². The number of aromatic amines is 1. The lowest BCUT2D eigenvalue weighted by molar-refractivity contribution is -0.110. The van der Waals surface area contributed by atoms with Crippen molar-refractivity contribution < 1.29 is 14.3 Å². The number of rotatable bonds is 6. The highest BCUT2D eigenvalue weighted by Crippen LogP contribution is 2.36. The molecule has 9 nitrogen and oxygen atoms in total. The number of esters is 1. The third-order valence-corrected chi connectivity index (χ3v) is 4.79. The molecule has 0 aliphatic carbocycles. The number of anilines is 2. The van der Waals surface area contributed by atoms with Crippen molar-refractivity contribution in [2.45, 2.75) is 19.8 Å². The molecule has 30 heavy (non-hydrogen) atoms. The average Bonchev–Trinajstić information content (AvgIpc) is 3.40. The lowest BCUT2D eigenvalue weighted by Crippen LogP contribution is -2.10. The van der Waals surface area contributed by atoms with E-state index in [1.165, 1.54) is 7.11 Å². The molecule has 0 fully saturated rings. The summed E-state index contributed by atoms with van der Waals surface area (Å²) in [6.07, 6.45) is 1.55. The van der Waals surface area contributed by atoms with Crippen molar-refractivity contribution in [3.8, 4) is 11.4 Å². The molecule has 1 aliphatic rings. The van der Waals surface area contributed by atoms with Gasteiger partial charge in [0.1, 0.15) is 0 Å². The van der Waals surface area contributed by atoms with Gasteiger partial charge in [-0.15, -0.1) is 5.10 Å². The van der Waals surface area contributed by atoms with Crippen LogP contribution in [0.25, 0.3) is 17.0 Å². The number of carbonyl (C=O) groups is 2. The fourth-order valence-corrected chi connectivity index (χ4v) is 3.38. The summed E-state index contributed by atoms with van der Waals surface area (Å²) in [5.41, 5.74) is 4.83. The maximum atomic E-state index is 12.7. The summed E-state index contributed by atoms with van der Waals surface area (Å²) in [7, 11) is 1.33. The highest BCUT2D eigenvalue weighted by molar-refractivity contribution is 6.32. The topological polar surface area (TPSA) is 122 Å². The molecule has 3 aromatic rings. The summed E-state index contributed by atoms with van der Waals surface area (Å²) in [6.45, 7) is 2.05. The van der Waals surface area contributed by atoms with Gasteiger partial charge in [0.15, 0.2) is 5.82 Å². The molecule has 0 spiro atoms. The number of hydrogen-bond donors (Lipinski definition) is 3. The first kappa shape index (κ1) is 19.3. The molecular formula is C21H20N6O3. The smallest absolute Gasteiger partial charge is 0.337 e. The highest BCUT2D eigenvalue weighted by atomic mass is 16.5. The van der Waals surface area contributed by atoms with Crippen LogP contribution in [-0.2, 0) is 9.53 Å². The Morgan fingerprint density at radius 1 is 1.17 bits per heavy atom. The van der Waals surface area contributed by atoms with E-state index >= 15 is 0 Å². The Bertz CT molecular complexity index is 1120. The van der Waals surface area contributed by atoms with Crippen LogP contribution >= 0.6 is 0 Å². The van der Waals surface area contributed by atoms with E-state index in [0.29, 0.717) is 29.1 Å². The van der Waals surface area contributed by atoms with Gasteiger partial charge in [-0.2, -0.15) is 0 Å². The Labute approximate surface area is 172 Å². The molecule has 0 atom stereocenters. The van der Waals surface area contributed by atoms with E-state index in [2.05, 4.69) is 38.2 Å². The Balaban J connectivity index is 1.67. The van der Waals surface area contributed by atoms with E-state index < -0.39 is 5.97 Å². The van der Waals surface area contributed by atoms with Crippen molar-refractivity contribution in [3.63, 3.8) is 0 Å². The van der Waals surface area contributed by atoms with Crippen LogP contribution in [0.2, 0.25) is 0 Å². The van der Waals surface area contributed by atoms with Crippen LogP contribution < -0.4 is 10.6 Å². The van der Waals surface area contributed by atoms with Crippen molar-refractivity contribution in [2.24, 2.45) is 0 Å². The quantitative estimate of drug-likeness (QED) is 0.426. The fraction of sp³-hybridized carbons (Fsp3) is 0.190. The first-order chi connectivity index (χ1) is 14.6. The second-order valence-electron chi connectivity index (χ2n) is 6.76. The van der Waals surface area contributed by atoms with Gasteiger partial charge in [-0.3, -0.25) is 4.79 Å². The van der Waals surface area contributed by atoms with E-state index in [4.69, 9.17) is 4.74 Å². The molecule has 2 heterocycles. The molecule has 4 rings (SSSR count). The number of aromatic nitrogens is 4. The summed E-state index contributed by atoms with van der Waals surface area (Å²) in [5.74, 6) is -0.0649. The minimum Gasteiger partial charge on any atom is -0.465 e. The number of carbonyl (C=O) groups excluding carboxylic acids is 2. The van der Waals surface area contributed by atoms with Crippen molar-refractivity contribution >= 4 is 28.8 Å². The van der Waals surface area contributed by atoms with Crippen LogP contribution in [0.15, 0.2) is 48.2 Å². The zero-order chi connectivity index (χ0) is 21.1. The summed E-state index contributed by atoms with van der Waals surface area (Å²) in [6, 6.07) is 12.7. The number of fused-ring (bicyclic) bond motifs is 1. The first-order valence-electron chi connectivity index (χ1n) is 9.49. The molecule has 1 amide bonds. The SMILES string of the molecule is CCCC(Nc1ccc(-c2nnn[nH]2)cc1)=C1C(=O)Nc2cc(C(=O)OC)ccc21. The van der Waals surface area contributed by atoms with Gasteiger partial charge in [-0.05, 0) is 53.2 Å². The lowest BCUT2D eigenvalue weighted by Gasteiger charge is -2.14. The van der Waals surface area contributed by atoms with Crippen LogP contribution in [0.3, 0.4) is 0 Å². The van der Waals surface area contributed by atoms with Crippen LogP contribution in [0.5, 0.6) is 0 Å². The lowest BCUT2D eigenvalue weighted by atomic mass is 10.0. The minimum atomic E-state index is -0.446. The van der Waals surface area contributed by atoms with E-state index in [-0.39, 0.29) is 5.91 Å². The molecule has 0 saturated carbocycles. The molecule has 3 N–H and O–H groups in total. The van der Waals surface area contributed by atoms with Crippen LogP contribution in [0.1, 0.15) is 35.7 Å². The molecular weight excluding hydrogens is 384 g/mol. The van der Waals surface area contributed by atoms with Gasteiger partial charge in [-0.1, -0.05) is 19.4 Å². The molecule has 0 bridgehead atoms. The fourth-order valence-electron chi connectivity index (χ4n) is 3.38. The Morgan fingerprint density at radius 2 is 1.97 bits per heavy atom. The molecule has 152 valence electrons. The minimum absolute atomic E-state index is 0.202. The summed E-state index contributed by atoms with van der Waals surface area (Å²) in [4.78, 5) is 24.5. The summed E-state index contributed by atoms with van der Waals surface area (Å²) >= 11 is 0. The van der Waals surface area contributed by atoms with Crippen molar-refractivity contribution in [3.05, 3.63) is 59.3 Å². The first-order valence-corrected chi connectivity index (χ1v) is 9.49. The van der Waals surface area contributed by atoms with Gasteiger partial charge in [0.25, 0.3) is 5.91 Å². The molecule has 1 aliphatic heterocycles. The number of nitrogens with zero attached hydrogens (tertiary/aromatic N) is 3. The standard InChI is InChI=1S/C21H20N6O3/c1-3-4-16(22-14-8-5-12(6-9-14)19-24-26-27-25-19)18-15-10-7-13(21(29)30-2)11-17(15)23-20(18)28/h5-11,22H,3-4H2,1-2H3,(H,23,28)(H,24,25,26,27). The van der Waals surface area contributed by atoms with Crippen molar-refractivity contribution in [1.82, 2.24) is 20.6 Å². The normalized spacial score (nSPS) is 14.1. The second-order valence-corrected chi connectivity index (χ2v) is 6.76. The van der Waals surface area contributed by atoms with Gasteiger partial charge in [-0.25, -0.2) is 9.89 Å². The number of tetrazole rings is 1. The van der Waals surface area contributed by atoms with Crippen LogP contribution in [0, 0.1) is 0 Å². The molecule has 0 unspecified atom stereocenters. The molecule has 9 heteroatoms. The third-order valence-electron chi connectivity index (χ3n) is 4.79. The van der Waals surface area contributed by atoms with E-state index in [1.54, 1.807) is 18.2 Å². The number of benzene rings is 2. The predicted octanol–water partition coefficient (Wildman–Crippen LogP) is 3.23. The number of amides is 1. The maximum Gasteiger partial charge on any atom is 0.337 e. The second kappa shape index (κ2) is 8.16. The van der Waals surface area contributed by atoms with Crippen molar-refractivity contribution in [2.75, 3.05) is 17.7 Å². The van der Waals surface area contributed by atoms with Gasteiger partial charge in [0.05, 0.1) is 23.9 Å². The number of H-pyrrole nitrogens is 1. The Kier molecular flexibility index (Phi) is 5.25. The van der Waals surface area contributed by atoms with Gasteiger partial charge >= 0.3 is 5.97 Å². The van der Waals surface area contributed by atoms with E-state index in [9.17, 15) is 9.59 Å². The van der Waals surface area contributed by atoms with Crippen molar-refractivity contribution in [1.29, 1.82) is 0 Å². The van der Waals surface area contributed by atoms with E-state index in [0.717, 1.165) is 28.9 Å². The average molecular weight is 404 g/mol. The van der Waals surface area contributed by atoms with Gasteiger partial charge in [0, 0.05) is 22.5 Å². The largest absolute Gasteiger partial charge is 0.465 e. The van der Waals surface area contributed by atoms with Crippen LogP contribution in [-0.4, -0.2) is 39.6 Å². The monoisotopic (exact) mass is 404 g/mol. The molecule has 2 aromatic carbocycles. The number of allylic oxidation sites excluding steroid dienone is 1. The van der Waals surface area contributed by atoms with Crippen LogP contribution in [0.4, 0.5) is 11.4 Å². The number of nitrogens with one attached hydrogen (secondary N) is 3. The molecule has 1 aromatic heterocycles. The molecule has 0 radical (unpaired) electrons. The van der Waals surface area contributed by atoms with Gasteiger partial charge in [0.2, 0.25) is 0 Å². The third kappa shape index (κ3) is 3.64. The summed E-state index contributed by atoms with van der Waals surface area (Å²) < 4.78 is 4.76. The zero-order valence-corrected chi connectivity index (χ0v) is 16.5. The Hall–Kier alpha value is -4.01. The zero-order valence-electron chi connectivity index (χ0n) is 16.5. The number of hydrogen-bond acceptors (Lipinski definition) is 7. The predicted molar refractivity (Wildman–Crippen MR) is 111 cm³/mol. The maximum absolute atomic E-state index is 12.7.